The molecule has 26 heavy (non-hydrogen) atoms. The van der Waals surface area contributed by atoms with Gasteiger partial charge in [-0.05, 0) is 30.0 Å². The third-order valence-corrected chi connectivity index (χ3v) is 5.84. The van der Waals surface area contributed by atoms with Gasteiger partial charge in [0.15, 0.2) is 0 Å². The minimum Gasteiger partial charge on any atom is -0.376 e. The quantitative estimate of drug-likeness (QED) is 0.806. The number of piperidine rings is 1. The minimum atomic E-state index is -3.26. The molecule has 8 heteroatoms. The van der Waals surface area contributed by atoms with E-state index < -0.39 is 10.0 Å². The maximum atomic E-state index is 12.6. The Balaban J connectivity index is 1.59. The van der Waals surface area contributed by atoms with Crippen LogP contribution in [0.3, 0.4) is 0 Å². The van der Waals surface area contributed by atoms with Crippen molar-refractivity contribution in [1.29, 1.82) is 5.26 Å². The lowest BCUT2D eigenvalue weighted by atomic mass is 9.84. The van der Waals surface area contributed by atoms with Crippen molar-refractivity contribution in [3.63, 3.8) is 0 Å². The first kappa shape index (κ1) is 18.8. The molecule has 3 rings (SSSR count). The van der Waals surface area contributed by atoms with Crippen LogP contribution in [0.5, 0.6) is 0 Å². The number of fused-ring (bicyclic) bond motifs is 1. The van der Waals surface area contributed by atoms with E-state index >= 15 is 0 Å². The number of hydrogen-bond donors (Lipinski definition) is 1. The van der Waals surface area contributed by atoms with Crippen LogP contribution < -0.4 is 4.72 Å². The Morgan fingerprint density at radius 2 is 2.12 bits per heavy atom. The van der Waals surface area contributed by atoms with E-state index in [9.17, 15) is 13.2 Å². The normalized spacial score (nSPS) is 25.5. The first-order chi connectivity index (χ1) is 12.4. The fraction of sp³-hybridized carbons (Fsp3) is 0.556. The van der Waals surface area contributed by atoms with Crippen molar-refractivity contribution in [1.82, 2.24) is 9.62 Å². The summed E-state index contributed by atoms with van der Waals surface area (Å²) in [5.41, 5.74) is 1.46. The topological polar surface area (TPSA) is 99.5 Å². The number of amides is 1. The largest absolute Gasteiger partial charge is 0.376 e. The molecule has 1 aromatic carbocycles. The number of hydrogen-bond acceptors (Lipinski definition) is 5. The number of nitriles is 1. The van der Waals surface area contributed by atoms with Gasteiger partial charge in [-0.1, -0.05) is 12.1 Å². The van der Waals surface area contributed by atoms with E-state index in [1.807, 2.05) is 4.90 Å². The monoisotopic (exact) mass is 377 g/mol. The molecule has 2 heterocycles. The highest BCUT2D eigenvalue weighted by Crippen LogP contribution is 2.34. The zero-order chi connectivity index (χ0) is 18.7. The summed E-state index contributed by atoms with van der Waals surface area (Å²) in [6.45, 7) is 2.16. The van der Waals surface area contributed by atoms with E-state index in [0.717, 1.165) is 18.2 Å². The van der Waals surface area contributed by atoms with E-state index in [1.165, 1.54) is 0 Å². The number of carbonyl (C=O) groups excluding carboxylic acids is 1. The van der Waals surface area contributed by atoms with Gasteiger partial charge in [-0.2, -0.15) is 5.26 Å². The fourth-order valence-electron chi connectivity index (χ4n) is 3.68. The second kappa shape index (κ2) is 7.74. The molecule has 0 bridgehead atoms. The fourth-order valence-corrected chi connectivity index (χ4v) is 4.15. The van der Waals surface area contributed by atoms with Gasteiger partial charge in [0.1, 0.15) is 0 Å². The Morgan fingerprint density at radius 1 is 1.38 bits per heavy atom. The molecule has 1 aromatic rings. The van der Waals surface area contributed by atoms with Crippen molar-refractivity contribution in [2.24, 2.45) is 11.8 Å². The Bertz CT molecular complexity index is 801. The number of carbonyl (C=O) groups is 1. The molecule has 2 saturated heterocycles. The van der Waals surface area contributed by atoms with E-state index in [0.29, 0.717) is 37.6 Å². The molecule has 2 aliphatic rings. The van der Waals surface area contributed by atoms with Gasteiger partial charge in [0, 0.05) is 25.6 Å². The van der Waals surface area contributed by atoms with Crippen LogP contribution in [0, 0.1) is 23.2 Å². The number of nitrogens with zero attached hydrogens (tertiary/aromatic N) is 2. The Hall–Kier alpha value is -1.95. The lowest BCUT2D eigenvalue weighted by molar-refractivity contribution is -0.133. The van der Waals surface area contributed by atoms with Gasteiger partial charge in [-0.25, -0.2) is 13.1 Å². The van der Waals surface area contributed by atoms with Gasteiger partial charge >= 0.3 is 0 Å². The molecule has 7 nitrogen and oxygen atoms in total. The lowest BCUT2D eigenvalue weighted by Crippen LogP contribution is -2.47. The van der Waals surface area contributed by atoms with E-state index in [4.69, 9.17) is 10.00 Å². The highest BCUT2D eigenvalue weighted by atomic mass is 32.2. The predicted octanol–water partition coefficient (Wildman–Crippen LogP) is 0.513. The summed E-state index contributed by atoms with van der Waals surface area (Å²) in [7, 11) is -3.26. The summed E-state index contributed by atoms with van der Waals surface area (Å²) in [5, 5.41) is 8.84. The Labute approximate surface area is 154 Å². The van der Waals surface area contributed by atoms with Crippen molar-refractivity contribution in [2.45, 2.75) is 18.9 Å². The number of nitrogens with one attached hydrogen (secondary N) is 1. The predicted molar refractivity (Wildman–Crippen MR) is 95.6 cm³/mol. The highest BCUT2D eigenvalue weighted by molar-refractivity contribution is 7.88. The average Bonchev–Trinajstić information content (AvgIpc) is 3.02. The van der Waals surface area contributed by atoms with Crippen LogP contribution >= 0.6 is 0 Å². The molecule has 0 radical (unpaired) electrons. The van der Waals surface area contributed by atoms with Crippen molar-refractivity contribution >= 4 is 15.9 Å². The molecule has 0 saturated carbocycles. The summed E-state index contributed by atoms with van der Waals surface area (Å²) in [6, 6.07) is 9.11. The molecule has 0 aromatic heterocycles. The zero-order valence-corrected chi connectivity index (χ0v) is 15.5. The standard InChI is InChI=1S/C18H23N3O4S/c1-26(23,24)20-10-17-16-11-21(7-6-15(16)12-25-17)18(22)8-13-2-4-14(9-19)5-3-13/h2-5,15-17,20H,6-8,10-12H2,1H3/t15-,16-,17+/m0/s1. The van der Waals surface area contributed by atoms with Gasteiger partial charge in [-0.15, -0.1) is 0 Å². The smallest absolute Gasteiger partial charge is 0.227 e. The van der Waals surface area contributed by atoms with Gasteiger partial charge in [-0.3, -0.25) is 4.79 Å². The number of rotatable bonds is 5. The molecule has 1 N–H and O–H groups in total. The van der Waals surface area contributed by atoms with Gasteiger partial charge in [0.2, 0.25) is 15.9 Å². The molecule has 2 aliphatic heterocycles. The molecule has 0 spiro atoms. The first-order valence-electron chi connectivity index (χ1n) is 8.69. The third-order valence-electron chi connectivity index (χ3n) is 5.15. The van der Waals surface area contributed by atoms with Crippen LogP contribution in [-0.4, -0.2) is 57.8 Å². The van der Waals surface area contributed by atoms with Crippen LogP contribution in [0.1, 0.15) is 17.5 Å². The average molecular weight is 377 g/mol. The number of likely N-dealkylation sites (tertiary alicyclic amines) is 1. The second-order valence-corrected chi connectivity index (χ2v) is 8.86. The van der Waals surface area contributed by atoms with Crippen molar-refractivity contribution in [2.75, 3.05) is 32.5 Å². The summed E-state index contributed by atoms with van der Waals surface area (Å²) in [6.07, 6.45) is 2.11. The van der Waals surface area contributed by atoms with Crippen LogP contribution in [0.25, 0.3) is 0 Å². The number of benzene rings is 1. The summed E-state index contributed by atoms with van der Waals surface area (Å²) < 4.78 is 30.9. The third kappa shape index (κ3) is 4.61. The van der Waals surface area contributed by atoms with Gasteiger partial charge in [0.25, 0.3) is 0 Å². The molecule has 140 valence electrons. The van der Waals surface area contributed by atoms with E-state index in [-0.39, 0.29) is 24.5 Å². The van der Waals surface area contributed by atoms with Crippen LogP contribution in [0.4, 0.5) is 0 Å². The Morgan fingerprint density at radius 3 is 2.77 bits per heavy atom. The van der Waals surface area contributed by atoms with Crippen molar-refractivity contribution < 1.29 is 17.9 Å². The minimum absolute atomic E-state index is 0.0508. The van der Waals surface area contributed by atoms with Gasteiger partial charge < -0.3 is 9.64 Å². The lowest BCUT2D eigenvalue weighted by Gasteiger charge is -2.36. The van der Waals surface area contributed by atoms with Gasteiger partial charge in [0.05, 0.1) is 37.0 Å². The van der Waals surface area contributed by atoms with Crippen molar-refractivity contribution in [3.05, 3.63) is 35.4 Å². The number of sulfonamides is 1. The molecule has 3 atom stereocenters. The molecule has 0 aliphatic carbocycles. The highest BCUT2D eigenvalue weighted by Gasteiger charge is 2.41. The summed E-state index contributed by atoms with van der Waals surface area (Å²) in [5.74, 6) is 0.582. The van der Waals surface area contributed by atoms with Crippen LogP contribution in [-0.2, 0) is 26.0 Å². The SMILES string of the molecule is CS(=O)(=O)NC[C@H]1OC[C@@H]2CCN(C(=O)Cc3ccc(C#N)cc3)C[C@@H]21. The molecule has 0 unspecified atom stereocenters. The van der Waals surface area contributed by atoms with Crippen molar-refractivity contribution in [3.8, 4) is 6.07 Å². The Kier molecular flexibility index (Phi) is 5.61. The van der Waals surface area contributed by atoms with Crippen LogP contribution in [0.2, 0.25) is 0 Å². The molecular formula is C18H23N3O4S. The number of ether oxygens (including phenoxy) is 1. The molecule has 2 fully saturated rings. The van der Waals surface area contributed by atoms with E-state index in [1.54, 1.807) is 24.3 Å². The first-order valence-corrected chi connectivity index (χ1v) is 10.6. The molecular weight excluding hydrogens is 354 g/mol. The second-order valence-electron chi connectivity index (χ2n) is 7.03. The zero-order valence-electron chi connectivity index (χ0n) is 14.7. The van der Waals surface area contributed by atoms with E-state index in [2.05, 4.69) is 10.8 Å². The van der Waals surface area contributed by atoms with Crippen LogP contribution in [0.15, 0.2) is 24.3 Å². The molecule has 1 amide bonds. The maximum absolute atomic E-state index is 12.6. The maximum Gasteiger partial charge on any atom is 0.227 e. The summed E-state index contributed by atoms with van der Waals surface area (Å²) in [4.78, 5) is 14.5. The summed E-state index contributed by atoms with van der Waals surface area (Å²) >= 11 is 0.